The topological polar surface area (TPSA) is 49.4 Å². The average molecular weight is 232 g/mol. The molecular weight excluding hydrogens is 219 g/mol. The Balaban J connectivity index is 2.83. The molecule has 1 aliphatic rings. The van der Waals surface area contributed by atoms with Gasteiger partial charge in [0.05, 0.1) is 0 Å². The van der Waals surface area contributed by atoms with E-state index in [4.69, 9.17) is 0 Å². The van der Waals surface area contributed by atoms with Crippen molar-refractivity contribution in [3.05, 3.63) is 0 Å². The van der Waals surface area contributed by atoms with E-state index >= 15 is 0 Å². The van der Waals surface area contributed by atoms with Crippen molar-refractivity contribution in [3.8, 4) is 0 Å². The fourth-order valence-corrected chi connectivity index (χ4v) is 1.75. The second-order valence-corrected chi connectivity index (χ2v) is 4.47. The van der Waals surface area contributed by atoms with Gasteiger partial charge in [-0.2, -0.15) is 0 Å². The van der Waals surface area contributed by atoms with Crippen LogP contribution in [0.2, 0.25) is 5.21 Å². The first-order valence-corrected chi connectivity index (χ1v) is 5.54. The SMILES string of the molecule is CC1(C)C(=O)NC(=O)N1CC[AsH2]. The van der Waals surface area contributed by atoms with Gasteiger partial charge in [0.25, 0.3) is 0 Å². The van der Waals surface area contributed by atoms with Crippen molar-refractivity contribution in [1.82, 2.24) is 10.2 Å². The average Bonchev–Trinajstić information content (AvgIpc) is 2.14. The van der Waals surface area contributed by atoms with E-state index < -0.39 is 5.54 Å². The summed E-state index contributed by atoms with van der Waals surface area (Å²) >= 11 is 1.56. The normalized spacial score (nSPS) is 21.4. The minimum absolute atomic E-state index is 0.201. The predicted molar refractivity (Wildman–Crippen MR) is 47.7 cm³/mol. The Kier molecular flexibility index (Phi) is 2.47. The number of imide groups is 1. The molecule has 0 saturated carbocycles. The van der Waals surface area contributed by atoms with Crippen LogP contribution in [0.3, 0.4) is 0 Å². The van der Waals surface area contributed by atoms with Crippen molar-refractivity contribution in [2.24, 2.45) is 0 Å². The molecule has 3 amide bonds. The molecule has 1 saturated heterocycles. The summed E-state index contributed by atoms with van der Waals surface area (Å²) in [5, 5.41) is 3.22. The van der Waals surface area contributed by atoms with Crippen LogP contribution in [-0.2, 0) is 4.79 Å². The Labute approximate surface area is 80.2 Å². The van der Waals surface area contributed by atoms with Crippen LogP contribution >= 0.6 is 0 Å². The van der Waals surface area contributed by atoms with Crippen LogP contribution in [-0.4, -0.2) is 45.8 Å². The van der Waals surface area contributed by atoms with E-state index in [1.165, 1.54) is 0 Å². The molecule has 1 N–H and O–H groups in total. The van der Waals surface area contributed by atoms with Gasteiger partial charge < -0.3 is 0 Å². The Morgan fingerprint density at radius 2 is 2.08 bits per heavy atom. The van der Waals surface area contributed by atoms with Crippen LogP contribution in [0.5, 0.6) is 0 Å². The summed E-state index contributed by atoms with van der Waals surface area (Å²) in [5.41, 5.74) is -0.664. The van der Waals surface area contributed by atoms with E-state index in [0.717, 1.165) is 5.21 Å². The molecule has 68 valence electrons. The summed E-state index contributed by atoms with van der Waals surface area (Å²) in [6.07, 6.45) is 0. The van der Waals surface area contributed by atoms with E-state index in [0.29, 0.717) is 6.54 Å². The van der Waals surface area contributed by atoms with E-state index in [9.17, 15) is 9.59 Å². The summed E-state index contributed by atoms with van der Waals surface area (Å²) < 4.78 is 0. The molecule has 12 heavy (non-hydrogen) atoms. The maximum atomic E-state index is 11.2. The van der Waals surface area contributed by atoms with Crippen LogP contribution in [0.4, 0.5) is 4.79 Å². The molecule has 0 bridgehead atoms. The fraction of sp³-hybridized carbons (Fsp3) is 0.714. The Morgan fingerprint density at radius 1 is 1.50 bits per heavy atom. The van der Waals surface area contributed by atoms with Crippen LogP contribution in [0, 0.1) is 0 Å². The van der Waals surface area contributed by atoms with Gasteiger partial charge in [-0.05, 0) is 0 Å². The van der Waals surface area contributed by atoms with Gasteiger partial charge in [-0.3, -0.25) is 0 Å². The molecule has 4 nitrogen and oxygen atoms in total. The predicted octanol–water partition coefficient (Wildman–Crippen LogP) is -0.632. The van der Waals surface area contributed by atoms with E-state index in [1.807, 2.05) is 0 Å². The molecule has 1 fully saturated rings. The first-order valence-electron chi connectivity index (χ1n) is 3.83. The van der Waals surface area contributed by atoms with Crippen LogP contribution in [0.1, 0.15) is 13.8 Å². The van der Waals surface area contributed by atoms with Gasteiger partial charge >= 0.3 is 79.7 Å². The Morgan fingerprint density at radius 3 is 2.42 bits per heavy atom. The number of carbonyl (C=O) groups is 2. The van der Waals surface area contributed by atoms with Gasteiger partial charge in [0.15, 0.2) is 0 Å². The number of hydrogen-bond acceptors (Lipinski definition) is 2. The fourth-order valence-electron chi connectivity index (χ4n) is 1.20. The molecule has 0 aromatic rings. The molecule has 5 heteroatoms. The monoisotopic (exact) mass is 232 g/mol. The molecule has 0 spiro atoms. The van der Waals surface area contributed by atoms with Crippen LogP contribution < -0.4 is 5.32 Å². The Bertz CT molecular complexity index is 227. The number of urea groups is 1. The Hall–Kier alpha value is -0.502. The van der Waals surface area contributed by atoms with Crippen LogP contribution in [0.15, 0.2) is 0 Å². The van der Waals surface area contributed by atoms with Crippen molar-refractivity contribution in [2.75, 3.05) is 6.54 Å². The zero-order chi connectivity index (χ0) is 9.35. The number of hydrogen-bond donors (Lipinski definition) is 1. The van der Waals surface area contributed by atoms with Crippen molar-refractivity contribution in [3.63, 3.8) is 0 Å². The van der Waals surface area contributed by atoms with Gasteiger partial charge in [0, 0.05) is 0 Å². The number of nitrogens with one attached hydrogen (secondary N) is 1. The molecule has 1 unspecified atom stereocenters. The van der Waals surface area contributed by atoms with Crippen molar-refractivity contribution < 1.29 is 9.59 Å². The van der Waals surface area contributed by atoms with Gasteiger partial charge in [-0.15, -0.1) is 0 Å². The molecule has 1 atom stereocenters. The third kappa shape index (κ3) is 1.36. The van der Waals surface area contributed by atoms with E-state index in [2.05, 4.69) is 5.32 Å². The molecular formula is C7H13AsN2O2. The van der Waals surface area contributed by atoms with Gasteiger partial charge in [0.1, 0.15) is 0 Å². The van der Waals surface area contributed by atoms with E-state index in [-0.39, 0.29) is 11.9 Å². The molecule has 1 heterocycles. The zero-order valence-electron chi connectivity index (χ0n) is 7.26. The standard InChI is InChI=1S/C7H13AsN2O2/c1-7(2)5(11)9-6(12)10(7)4-3-8/h3-4,8H2,1-2H3,(H,9,11,12). The first kappa shape index (κ1) is 9.59. The summed E-state index contributed by atoms with van der Waals surface area (Å²) in [7, 11) is 0. The molecule has 0 aromatic carbocycles. The third-order valence-corrected chi connectivity index (χ3v) is 2.59. The van der Waals surface area contributed by atoms with Gasteiger partial charge in [-0.1, -0.05) is 0 Å². The second kappa shape index (κ2) is 3.09. The third-order valence-electron chi connectivity index (χ3n) is 2.05. The van der Waals surface area contributed by atoms with E-state index in [1.54, 1.807) is 35.6 Å². The second-order valence-electron chi connectivity index (χ2n) is 3.26. The van der Waals surface area contributed by atoms with Crippen molar-refractivity contribution in [2.45, 2.75) is 24.6 Å². The summed E-state index contributed by atoms with van der Waals surface area (Å²) in [4.78, 5) is 24.0. The zero-order valence-corrected chi connectivity index (χ0v) is 9.68. The molecule has 1 rings (SSSR count). The number of carbonyl (C=O) groups excluding carboxylic acids is 2. The van der Waals surface area contributed by atoms with Crippen LogP contribution in [0.25, 0.3) is 0 Å². The van der Waals surface area contributed by atoms with Crippen molar-refractivity contribution in [1.29, 1.82) is 0 Å². The quantitative estimate of drug-likeness (QED) is 0.509. The minimum atomic E-state index is -0.664. The summed E-state index contributed by atoms with van der Waals surface area (Å²) in [6.45, 7) is 4.18. The summed E-state index contributed by atoms with van der Waals surface area (Å²) in [6, 6.07) is -0.261. The number of nitrogens with zero attached hydrogens (tertiary/aromatic N) is 1. The maximum absolute atomic E-state index is 11.2. The first-order chi connectivity index (χ1) is 5.50. The molecule has 0 radical (unpaired) electrons. The number of rotatable bonds is 2. The summed E-state index contributed by atoms with van der Waals surface area (Å²) in [5.74, 6) is -0.201. The number of amides is 3. The molecule has 1 aliphatic heterocycles. The van der Waals surface area contributed by atoms with Gasteiger partial charge in [-0.25, -0.2) is 0 Å². The van der Waals surface area contributed by atoms with Crippen molar-refractivity contribution >= 4 is 28.8 Å². The van der Waals surface area contributed by atoms with Gasteiger partial charge in [0.2, 0.25) is 0 Å². The molecule has 0 aromatic heterocycles. The molecule has 0 aliphatic carbocycles.